The van der Waals surface area contributed by atoms with Crippen LogP contribution in [0, 0.1) is 6.92 Å². The summed E-state index contributed by atoms with van der Waals surface area (Å²) in [4.78, 5) is 0.887. The maximum absolute atomic E-state index is 10.3. The molecule has 2 heterocycles. The molecule has 0 radical (unpaired) electrons. The molecule has 0 bridgehead atoms. The minimum Gasteiger partial charge on any atom is -0.506 e. The first-order valence-corrected chi connectivity index (χ1v) is 8.20. The van der Waals surface area contributed by atoms with Crippen molar-refractivity contribution in [3.63, 3.8) is 0 Å². The number of benzene rings is 2. The molecule has 1 unspecified atom stereocenters. The van der Waals surface area contributed by atoms with Gasteiger partial charge in [0, 0.05) is 16.7 Å². The Morgan fingerprint density at radius 3 is 2.73 bits per heavy atom. The normalized spacial score (nSPS) is 19.6. The van der Waals surface area contributed by atoms with Crippen LogP contribution in [0.5, 0.6) is 11.5 Å². The van der Waals surface area contributed by atoms with Gasteiger partial charge in [0.2, 0.25) is 0 Å². The Labute approximate surface area is 133 Å². The minimum atomic E-state index is -0.151. The average molecular weight is 312 g/mol. The molecule has 0 amide bonds. The molecule has 4 heteroatoms. The molecule has 1 N–H and O–H groups in total. The van der Waals surface area contributed by atoms with E-state index in [1.54, 1.807) is 0 Å². The summed E-state index contributed by atoms with van der Waals surface area (Å²) in [7, 11) is 0. The second-order valence-corrected chi connectivity index (χ2v) is 6.50. The lowest BCUT2D eigenvalue weighted by Crippen LogP contribution is -2.20. The quantitative estimate of drug-likeness (QED) is 0.832. The SMILES string of the molecule is CC1=C(c2ccccc2)Oc2cc(C)c(O)c3c2C1OCS3. The van der Waals surface area contributed by atoms with E-state index in [0.717, 1.165) is 38.7 Å². The van der Waals surface area contributed by atoms with E-state index in [0.29, 0.717) is 11.7 Å². The third-order valence-electron chi connectivity index (χ3n) is 4.15. The molecule has 4 rings (SSSR count). The van der Waals surface area contributed by atoms with Gasteiger partial charge in [-0.05, 0) is 25.5 Å². The van der Waals surface area contributed by atoms with Gasteiger partial charge < -0.3 is 14.6 Å². The fraction of sp³-hybridized carbons (Fsp3) is 0.222. The molecule has 0 saturated heterocycles. The standard InChI is InChI=1S/C18H16O3S/c1-10-8-13-14-17(20-9-22-18(14)15(10)19)11(2)16(21-13)12-6-4-3-5-7-12/h3-8,17,19H,9H2,1-2H3. The molecule has 112 valence electrons. The zero-order valence-electron chi connectivity index (χ0n) is 12.4. The third-order valence-corrected chi connectivity index (χ3v) is 5.10. The zero-order chi connectivity index (χ0) is 15.3. The second kappa shape index (κ2) is 5.07. The van der Waals surface area contributed by atoms with Crippen LogP contribution in [-0.2, 0) is 4.74 Å². The van der Waals surface area contributed by atoms with Crippen molar-refractivity contribution in [1.29, 1.82) is 0 Å². The zero-order valence-corrected chi connectivity index (χ0v) is 13.2. The lowest BCUT2D eigenvalue weighted by atomic mass is 9.94. The summed E-state index contributed by atoms with van der Waals surface area (Å²) in [5.41, 5.74) is 3.87. The lowest BCUT2D eigenvalue weighted by Gasteiger charge is -2.34. The summed E-state index contributed by atoms with van der Waals surface area (Å²) in [6.07, 6.45) is -0.151. The third kappa shape index (κ3) is 1.95. The first kappa shape index (κ1) is 13.7. The number of aromatic hydroxyl groups is 1. The first-order chi connectivity index (χ1) is 10.7. The highest BCUT2D eigenvalue weighted by atomic mass is 32.2. The maximum Gasteiger partial charge on any atom is 0.136 e. The molecule has 0 aliphatic carbocycles. The Morgan fingerprint density at radius 2 is 1.95 bits per heavy atom. The molecule has 3 nitrogen and oxygen atoms in total. The molecule has 0 aromatic heterocycles. The van der Waals surface area contributed by atoms with Crippen LogP contribution in [0.4, 0.5) is 0 Å². The van der Waals surface area contributed by atoms with E-state index in [2.05, 4.69) is 0 Å². The molecule has 0 saturated carbocycles. The van der Waals surface area contributed by atoms with E-state index in [1.807, 2.05) is 50.2 Å². The average Bonchev–Trinajstić information content (AvgIpc) is 2.56. The Bertz CT molecular complexity index is 781. The van der Waals surface area contributed by atoms with Crippen LogP contribution in [0.25, 0.3) is 5.76 Å². The summed E-state index contributed by atoms with van der Waals surface area (Å²) in [6.45, 7) is 3.93. The summed E-state index contributed by atoms with van der Waals surface area (Å²) in [5.74, 6) is 2.51. The monoisotopic (exact) mass is 312 g/mol. The van der Waals surface area contributed by atoms with Gasteiger partial charge in [-0.25, -0.2) is 0 Å². The van der Waals surface area contributed by atoms with Crippen molar-refractivity contribution < 1.29 is 14.6 Å². The first-order valence-electron chi connectivity index (χ1n) is 7.21. The molecule has 0 spiro atoms. The number of thioether (sulfide) groups is 1. The van der Waals surface area contributed by atoms with E-state index in [4.69, 9.17) is 9.47 Å². The number of rotatable bonds is 1. The van der Waals surface area contributed by atoms with Gasteiger partial charge in [0.05, 0.1) is 10.8 Å². The number of hydrogen-bond acceptors (Lipinski definition) is 4. The second-order valence-electron chi connectivity index (χ2n) is 5.57. The van der Waals surface area contributed by atoms with Crippen LogP contribution in [0.1, 0.15) is 29.7 Å². The molecule has 2 aromatic carbocycles. The van der Waals surface area contributed by atoms with Crippen LogP contribution >= 0.6 is 11.8 Å². The van der Waals surface area contributed by atoms with Crippen molar-refractivity contribution in [1.82, 2.24) is 0 Å². The number of phenolic OH excluding ortho intramolecular Hbond substituents is 1. The number of ether oxygens (including phenoxy) is 2. The van der Waals surface area contributed by atoms with E-state index < -0.39 is 0 Å². The van der Waals surface area contributed by atoms with E-state index in [-0.39, 0.29) is 6.10 Å². The Morgan fingerprint density at radius 1 is 1.18 bits per heavy atom. The van der Waals surface area contributed by atoms with Crippen molar-refractivity contribution >= 4 is 17.5 Å². The predicted molar refractivity (Wildman–Crippen MR) is 87.1 cm³/mol. The van der Waals surface area contributed by atoms with E-state index in [1.165, 1.54) is 11.8 Å². The number of hydrogen-bond donors (Lipinski definition) is 1. The van der Waals surface area contributed by atoms with Crippen LogP contribution in [0.3, 0.4) is 0 Å². The molecule has 0 fully saturated rings. The summed E-state index contributed by atoms with van der Waals surface area (Å²) in [5, 5.41) is 10.3. The fourth-order valence-corrected chi connectivity index (χ4v) is 3.99. The molecular weight excluding hydrogens is 296 g/mol. The van der Waals surface area contributed by atoms with Crippen molar-refractivity contribution in [3.05, 3.63) is 58.7 Å². The smallest absolute Gasteiger partial charge is 0.136 e. The molecule has 2 aromatic rings. The summed E-state index contributed by atoms with van der Waals surface area (Å²) >= 11 is 1.52. The number of aryl methyl sites for hydroxylation is 1. The van der Waals surface area contributed by atoms with Crippen LogP contribution in [0.2, 0.25) is 0 Å². The van der Waals surface area contributed by atoms with Crippen molar-refractivity contribution in [2.45, 2.75) is 24.8 Å². The molecular formula is C18H16O3S. The predicted octanol–water partition coefficient (Wildman–Crippen LogP) is 4.65. The van der Waals surface area contributed by atoms with E-state index >= 15 is 0 Å². The molecule has 22 heavy (non-hydrogen) atoms. The number of phenols is 1. The Hall–Kier alpha value is -1.91. The Balaban J connectivity index is 1.92. The van der Waals surface area contributed by atoms with Crippen molar-refractivity contribution in [3.8, 4) is 11.5 Å². The topological polar surface area (TPSA) is 38.7 Å². The van der Waals surface area contributed by atoms with Crippen molar-refractivity contribution in [2.75, 3.05) is 5.94 Å². The Kier molecular flexibility index (Phi) is 3.17. The lowest BCUT2D eigenvalue weighted by molar-refractivity contribution is 0.104. The van der Waals surface area contributed by atoms with Gasteiger partial charge in [0.15, 0.2) is 0 Å². The van der Waals surface area contributed by atoms with Gasteiger partial charge in [0.1, 0.15) is 23.4 Å². The van der Waals surface area contributed by atoms with Gasteiger partial charge in [0.25, 0.3) is 0 Å². The van der Waals surface area contributed by atoms with Gasteiger partial charge in [-0.1, -0.05) is 42.1 Å². The molecule has 2 aliphatic rings. The van der Waals surface area contributed by atoms with Crippen LogP contribution in [-0.4, -0.2) is 11.0 Å². The summed E-state index contributed by atoms with van der Waals surface area (Å²) in [6, 6.07) is 12.0. The molecule has 2 aliphatic heterocycles. The van der Waals surface area contributed by atoms with Crippen molar-refractivity contribution in [2.24, 2.45) is 0 Å². The van der Waals surface area contributed by atoms with Gasteiger partial charge in [-0.2, -0.15) is 0 Å². The van der Waals surface area contributed by atoms with Crippen LogP contribution < -0.4 is 4.74 Å². The fourth-order valence-electron chi connectivity index (χ4n) is 3.01. The maximum atomic E-state index is 10.3. The highest BCUT2D eigenvalue weighted by Gasteiger charge is 2.35. The van der Waals surface area contributed by atoms with E-state index in [9.17, 15) is 5.11 Å². The van der Waals surface area contributed by atoms with Gasteiger partial charge >= 0.3 is 0 Å². The highest BCUT2D eigenvalue weighted by molar-refractivity contribution is 7.99. The summed E-state index contributed by atoms with van der Waals surface area (Å²) < 4.78 is 12.1. The molecule has 1 atom stereocenters. The van der Waals surface area contributed by atoms with Gasteiger partial charge in [-0.15, -0.1) is 0 Å². The van der Waals surface area contributed by atoms with Crippen LogP contribution in [0.15, 0.2) is 46.9 Å². The largest absolute Gasteiger partial charge is 0.506 e. The van der Waals surface area contributed by atoms with Gasteiger partial charge in [-0.3, -0.25) is 0 Å². The minimum absolute atomic E-state index is 0.151. The highest BCUT2D eigenvalue weighted by Crippen LogP contribution is 2.53.